The average molecular weight is 602 g/mol. The number of rotatable bonds is 35. The van der Waals surface area contributed by atoms with Crippen LogP contribution in [-0.4, -0.2) is 4.57 Å². The topological polar surface area (TPSA) is 8.81 Å². The highest BCUT2D eigenvalue weighted by Crippen LogP contribution is 2.25. The lowest BCUT2D eigenvalue weighted by molar-refractivity contribution is -0.671. The van der Waals surface area contributed by atoms with Crippen molar-refractivity contribution in [3.05, 3.63) is 18.7 Å². The van der Waals surface area contributed by atoms with Crippen molar-refractivity contribution in [1.29, 1.82) is 0 Å². The van der Waals surface area contributed by atoms with Gasteiger partial charge in [-0.1, -0.05) is 213 Å². The quantitative estimate of drug-likeness (QED) is 0.0540. The molecule has 0 aliphatic rings. The summed E-state index contributed by atoms with van der Waals surface area (Å²) in [5.74, 6) is 1.02. The molecule has 1 atom stereocenters. The highest BCUT2D eigenvalue weighted by molar-refractivity contribution is 4.66. The smallest absolute Gasteiger partial charge is 0.240 e. The molecule has 1 unspecified atom stereocenters. The van der Waals surface area contributed by atoms with E-state index in [1.54, 1.807) is 0 Å². The highest BCUT2D eigenvalue weighted by Gasteiger charge is 2.09. The molecule has 0 spiro atoms. The van der Waals surface area contributed by atoms with E-state index in [0.717, 1.165) is 5.92 Å². The molecule has 0 saturated carbocycles. The predicted octanol–water partition coefficient (Wildman–Crippen LogP) is 13.8. The van der Waals surface area contributed by atoms with Gasteiger partial charge in [0, 0.05) is 0 Å². The maximum absolute atomic E-state index is 2.33. The summed E-state index contributed by atoms with van der Waals surface area (Å²) in [6, 6.07) is 0. The molecule has 2 nitrogen and oxygen atoms in total. The molecular formula is C41H81N2+. The van der Waals surface area contributed by atoms with Crippen LogP contribution in [0.4, 0.5) is 0 Å². The van der Waals surface area contributed by atoms with Gasteiger partial charge in [0.1, 0.15) is 12.4 Å². The lowest BCUT2D eigenvalue weighted by Crippen LogP contribution is -2.23. The van der Waals surface area contributed by atoms with E-state index in [1.807, 2.05) is 0 Å². The van der Waals surface area contributed by atoms with Crippen LogP contribution in [0, 0.1) is 5.92 Å². The fourth-order valence-corrected chi connectivity index (χ4v) is 7.05. The van der Waals surface area contributed by atoms with Crippen LogP contribution >= 0.6 is 0 Å². The number of nitrogens with zero attached hydrogens (tertiary/aromatic N) is 2. The highest BCUT2D eigenvalue weighted by atomic mass is 15.1. The Kier molecular flexibility index (Phi) is 30.5. The third-order valence-corrected chi connectivity index (χ3v) is 10.0. The van der Waals surface area contributed by atoms with Crippen LogP contribution < -0.4 is 4.57 Å². The maximum atomic E-state index is 2.33. The van der Waals surface area contributed by atoms with Crippen LogP contribution in [0.3, 0.4) is 0 Å². The van der Waals surface area contributed by atoms with Crippen LogP contribution in [0.25, 0.3) is 0 Å². The van der Waals surface area contributed by atoms with Crippen molar-refractivity contribution in [2.24, 2.45) is 13.0 Å². The second kappa shape index (κ2) is 32.6. The molecular weight excluding hydrogens is 520 g/mol. The number of hydrogen-bond donors (Lipinski definition) is 0. The van der Waals surface area contributed by atoms with Gasteiger partial charge in [-0.25, -0.2) is 9.13 Å². The van der Waals surface area contributed by atoms with E-state index in [2.05, 4.69) is 48.8 Å². The van der Waals surface area contributed by atoms with Crippen LogP contribution in [0.1, 0.15) is 226 Å². The Hall–Kier alpha value is -0.790. The van der Waals surface area contributed by atoms with Gasteiger partial charge in [-0.05, 0) is 18.8 Å². The Morgan fingerprint density at radius 1 is 0.419 bits per heavy atom. The average Bonchev–Trinajstić information content (AvgIpc) is 3.43. The molecule has 1 aromatic rings. The molecule has 0 radical (unpaired) electrons. The Morgan fingerprint density at radius 3 is 1.02 bits per heavy atom. The van der Waals surface area contributed by atoms with Gasteiger partial charge in [-0.15, -0.1) is 0 Å². The van der Waals surface area contributed by atoms with Crippen molar-refractivity contribution in [3.63, 3.8) is 0 Å². The zero-order valence-electron chi connectivity index (χ0n) is 30.2. The van der Waals surface area contributed by atoms with Crippen molar-refractivity contribution < 1.29 is 4.57 Å². The molecule has 0 saturated heterocycles. The summed E-state index contributed by atoms with van der Waals surface area (Å²) in [5, 5.41) is 0. The maximum Gasteiger partial charge on any atom is 0.243 e. The molecule has 0 amide bonds. The zero-order valence-corrected chi connectivity index (χ0v) is 30.2. The van der Waals surface area contributed by atoms with Crippen LogP contribution in [0.2, 0.25) is 0 Å². The summed E-state index contributed by atoms with van der Waals surface area (Å²) < 4.78 is 4.47. The lowest BCUT2D eigenvalue weighted by Gasteiger charge is -2.17. The summed E-state index contributed by atoms with van der Waals surface area (Å²) in [7, 11) is 2.11. The second-order valence-corrected chi connectivity index (χ2v) is 14.4. The summed E-state index contributed by atoms with van der Waals surface area (Å²) >= 11 is 0. The SMILES string of the molecule is CCCCCCCCCCCCCCCCCCC(CCCCCCCCCC)CCCCCCCCn1cc[n+](C)c1. The first-order chi connectivity index (χ1) is 21.3. The van der Waals surface area contributed by atoms with Gasteiger partial charge < -0.3 is 0 Å². The number of hydrogen-bond acceptors (Lipinski definition) is 0. The van der Waals surface area contributed by atoms with Crippen molar-refractivity contribution in [2.75, 3.05) is 0 Å². The Labute approximate surface area is 272 Å². The summed E-state index contributed by atoms with van der Waals surface area (Å²) in [4.78, 5) is 0. The van der Waals surface area contributed by atoms with E-state index in [0.29, 0.717) is 0 Å². The molecule has 0 bridgehead atoms. The van der Waals surface area contributed by atoms with Crippen molar-refractivity contribution in [2.45, 2.75) is 232 Å². The molecule has 1 heterocycles. The van der Waals surface area contributed by atoms with Crippen molar-refractivity contribution in [3.8, 4) is 0 Å². The van der Waals surface area contributed by atoms with Crippen molar-refractivity contribution >= 4 is 0 Å². The zero-order chi connectivity index (χ0) is 30.9. The molecule has 1 aromatic heterocycles. The van der Waals surface area contributed by atoms with E-state index in [-0.39, 0.29) is 0 Å². The first-order valence-corrected chi connectivity index (χ1v) is 20.3. The third kappa shape index (κ3) is 28.4. The molecule has 43 heavy (non-hydrogen) atoms. The minimum absolute atomic E-state index is 1.02. The Balaban J connectivity index is 2.04. The third-order valence-electron chi connectivity index (χ3n) is 10.0. The van der Waals surface area contributed by atoms with E-state index < -0.39 is 0 Å². The largest absolute Gasteiger partial charge is 0.243 e. The van der Waals surface area contributed by atoms with Gasteiger partial charge >= 0.3 is 0 Å². The summed E-state index contributed by atoms with van der Waals surface area (Å²) in [5.41, 5.74) is 0. The van der Waals surface area contributed by atoms with Gasteiger partial charge in [0.25, 0.3) is 0 Å². The fraction of sp³-hybridized carbons (Fsp3) is 0.927. The lowest BCUT2D eigenvalue weighted by atomic mass is 9.89. The van der Waals surface area contributed by atoms with E-state index >= 15 is 0 Å². The first kappa shape index (κ1) is 40.2. The predicted molar refractivity (Wildman–Crippen MR) is 193 cm³/mol. The van der Waals surface area contributed by atoms with E-state index in [1.165, 1.54) is 218 Å². The molecule has 0 fully saturated rings. The number of aromatic nitrogens is 2. The molecule has 254 valence electrons. The Bertz CT molecular complexity index is 650. The van der Waals surface area contributed by atoms with E-state index in [9.17, 15) is 0 Å². The summed E-state index contributed by atoms with van der Waals surface area (Å²) in [6.45, 7) is 5.82. The molecule has 0 aromatic carbocycles. The number of aryl methyl sites for hydroxylation is 2. The van der Waals surface area contributed by atoms with E-state index in [4.69, 9.17) is 0 Å². The number of imidazole rings is 1. The molecule has 0 aliphatic heterocycles. The van der Waals surface area contributed by atoms with Gasteiger partial charge in [0.2, 0.25) is 6.33 Å². The Morgan fingerprint density at radius 2 is 0.721 bits per heavy atom. The molecule has 0 aliphatic carbocycles. The minimum Gasteiger partial charge on any atom is -0.240 e. The van der Waals surface area contributed by atoms with Crippen LogP contribution in [0.5, 0.6) is 0 Å². The van der Waals surface area contributed by atoms with Crippen LogP contribution in [0.15, 0.2) is 18.7 Å². The molecule has 0 N–H and O–H groups in total. The molecule has 1 rings (SSSR count). The monoisotopic (exact) mass is 602 g/mol. The fourth-order valence-electron chi connectivity index (χ4n) is 7.05. The second-order valence-electron chi connectivity index (χ2n) is 14.4. The molecule has 2 heteroatoms. The minimum atomic E-state index is 1.02. The van der Waals surface area contributed by atoms with Gasteiger partial charge in [0.15, 0.2) is 0 Å². The summed E-state index contributed by atoms with van der Waals surface area (Å²) in [6.07, 6.45) is 54.9. The first-order valence-electron chi connectivity index (χ1n) is 20.3. The van der Waals surface area contributed by atoms with Crippen molar-refractivity contribution in [1.82, 2.24) is 4.57 Å². The standard InChI is InChI=1S/C41H81N2/c1-4-6-8-10-12-14-15-16-17-18-19-20-21-23-27-31-35-41(34-30-26-22-13-11-9-7-5-2)36-32-28-24-25-29-33-37-43-39-38-42(3)40-43/h38-41H,4-37H2,1-3H3/q+1. The van der Waals surface area contributed by atoms with Gasteiger partial charge in [0.05, 0.1) is 13.6 Å². The normalized spacial score (nSPS) is 12.3. The van der Waals surface area contributed by atoms with Gasteiger partial charge in [-0.2, -0.15) is 0 Å². The van der Waals surface area contributed by atoms with Crippen LogP contribution in [-0.2, 0) is 13.6 Å². The van der Waals surface area contributed by atoms with Gasteiger partial charge in [-0.3, -0.25) is 0 Å². The number of unbranched alkanes of at least 4 members (excludes halogenated alkanes) is 27.